The quantitative estimate of drug-likeness (QED) is 0.342. The summed E-state index contributed by atoms with van der Waals surface area (Å²) in [4.78, 5) is 0. The second-order valence-corrected chi connectivity index (χ2v) is 8.00. The monoisotopic (exact) mass is 447 g/mol. The van der Waals surface area contributed by atoms with E-state index in [1.165, 1.54) is 48.8 Å². The molecule has 0 radical (unpaired) electrons. The highest BCUT2D eigenvalue weighted by Gasteiger charge is 2.13. The van der Waals surface area contributed by atoms with Gasteiger partial charge in [-0.05, 0) is 71.6 Å². The first-order chi connectivity index (χ1) is 13.7. The second-order valence-electron chi connectivity index (χ2n) is 7.14. The molecule has 0 amide bonds. The van der Waals surface area contributed by atoms with Gasteiger partial charge in [-0.3, -0.25) is 0 Å². The van der Waals surface area contributed by atoms with Crippen molar-refractivity contribution in [3.63, 3.8) is 0 Å². The van der Waals surface area contributed by atoms with E-state index >= 15 is 0 Å². The third-order valence-electron chi connectivity index (χ3n) is 4.79. The molecule has 2 aromatic rings. The number of hydrogen-bond acceptors (Lipinski definition) is 3. The summed E-state index contributed by atoms with van der Waals surface area (Å²) in [5.74, 6) is 1.57. The lowest BCUT2D eigenvalue weighted by Gasteiger charge is -2.16. The maximum atomic E-state index is 6.13. The van der Waals surface area contributed by atoms with Crippen molar-refractivity contribution in [2.24, 2.45) is 0 Å². The van der Waals surface area contributed by atoms with Gasteiger partial charge in [0.15, 0.2) is 11.5 Å². The van der Waals surface area contributed by atoms with E-state index in [4.69, 9.17) is 9.47 Å². The molecule has 0 heterocycles. The third kappa shape index (κ3) is 7.48. The normalized spacial score (nSPS) is 10.9. The molecule has 2 aromatic carbocycles. The Bertz CT molecular complexity index is 718. The minimum absolute atomic E-state index is 0.528. The van der Waals surface area contributed by atoms with Crippen LogP contribution in [0.25, 0.3) is 0 Å². The number of halogens is 1. The summed E-state index contributed by atoms with van der Waals surface area (Å²) in [6.45, 7) is 9.39. The summed E-state index contributed by atoms with van der Waals surface area (Å²) in [7, 11) is 0. The smallest absolute Gasteiger partial charge is 0.175 e. The number of ether oxygens (including phenoxy) is 2. The average Bonchev–Trinajstić information content (AvgIpc) is 2.68. The molecule has 0 aliphatic heterocycles. The van der Waals surface area contributed by atoms with Crippen LogP contribution in [0.4, 0.5) is 0 Å². The van der Waals surface area contributed by atoms with Crippen molar-refractivity contribution in [2.75, 3.05) is 13.2 Å². The van der Waals surface area contributed by atoms with Crippen LogP contribution in [0.15, 0.2) is 40.9 Å². The molecule has 0 saturated heterocycles. The zero-order valence-corrected chi connectivity index (χ0v) is 19.1. The van der Waals surface area contributed by atoms with Crippen LogP contribution in [0.3, 0.4) is 0 Å². The Hall–Kier alpha value is -1.52. The van der Waals surface area contributed by atoms with Crippen molar-refractivity contribution >= 4 is 15.9 Å². The lowest BCUT2D eigenvalue weighted by molar-refractivity contribution is 0.267. The van der Waals surface area contributed by atoms with Crippen LogP contribution in [0.2, 0.25) is 0 Å². The largest absolute Gasteiger partial charge is 0.490 e. The summed E-state index contributed by atoms with van der Waals surface area (Å²) < 4.78 is 12.9. The van der Waals surface area contributed by atoms with Crippen molar-refractivity contribution in [1.82, 2.24) is 5.32 Å². The molecule has 0 atom stereocenters. The predicted octanol–water partition coefficient (Wildman–Crippen LogP) is 6.80. The van der Waals surface area contributed by atoms with Gasteiger partial charge in [-0.25, -0.2) is 0 Å². The summed E-state index contributed by atoms with van der Waals surface area (Å²) in [6, 6.07) is 12.5. The molecule has 0 fully saturated rings. The molecular weight excluding hydrogens is 414 g/mol. The maximum Gasteiger partial charge on any atom is 0.175 e. The summed E-state index contributed by atoms with van der Waals surface area (Å²) in [5.41, 5.74) is 3.62. The number of aryl methyl sites for hydroxylation is 1. The van der Waals surface area contributed by atoms with Gasteiger partial charge in [0.05, 0.1) is 11.1 Å². The molecular formula is C24H34BrNO2. The minimum atomic E-state index is 0.528. The third-order valence-corrected chi connectivity index (χ3v) is 5.38. The summed E-state index contributed by atoms with van der Waals surface area (Å²) in [5, 5.41) is 3.54. The van der Waals surface area contributed by atoms with E-state index in [0.29, 0.717) is 13.2 Å². The van der Waals surface area contributed by atoms with Crippen molar-refractivity contribution in [1.29, 1.82) is 0 Å². The Labute approximate surface area is 179 Å². The molecule has 3 nitrogen and oxygen atoms in total. The Balaban J connectivity index is 1.95. The maximum absolute atomic E-state index is 6.13. The van der Waals surface area contributed by atoms with E-state index in [-0.39, 0.29) is 0 Å². The molecule has 0 aliphatic rings. The fraction of sp³-hybridized carbons (Fsp3) is 0.500. The molecule has 0 bridgehead atoms. The highest BCUT2D eigenvalue weighted by atomic mass is 79.9. The minimum Gasteiger partial charge on any atom is -0.490 e. The standard InChI is InChI=1S/C24H34BrNO2/c1-4-6-7-8-11-14-26-17-20-15-22(25)24(23(16-20)27-5-2)28-18-21-13-10-9-12-19(21)3/h9-10,12-13,15-16,26H,4-8,11,14,17-18H2,1-3H3. The van der Waals surface area contributed by atoms with Gasteiger partial charge >= 0.3 is 0 Å². The Morgan fingerprint density at radius 1 is 0.964 bits per heavy atom. The first kappa shape index (κ1) is 22.8. The van der Waals surface area contributed by atoms with Crippen molar-refractivity contribution in [3.05, 3.63) is 57.6 Å². The van der Waals surface area contributed by atoms with Crippen LogP contribution in [0.5, 0.6) is 11.5 Å². The van der Waals surface area contributed by atoms with Crippen LogP contribution in [-0.2, 0) is 13.2 Å². The van der Waals surface area contributed by atoms with Gasteiger partial charge < -0.3 is 14.8 Å². The zero-order chi connectivity index (χ0) is 20.2. The first-order valence-electron chi connectivity index (χ1n) is 10.5. The molecule has 0 aliphatic carbocycles. The highest BCUT2D eigenvalue weighted by molar-refractivity contribution is 9.10. The van der Waals surface area contributed by atoms with Gasteiger partial charge in [0.25, 0.3) is 0 Å². The van der Waals surface area contributed by atoms with E-state index in [9.17, 15) is 0 Å². The van der Waals surface area contributed by atoms with Gasteiger partial charge in [-0.1, -0.05) is 56.9 Å². The van der Waals surface area contributed by atoms with Crippen LogP contribution in [0, 0.1) is 6.92 Å². The second kappa shape index (κ2) is 12.8. The number of unbranched alkanes of at least 4 members (excludes halogenated alkanes) is 4. The van der Waals surface area contributed by atoms with Crippen LogP contribution < -0.4 is 14.8 Å². The van der Waals surface area contributed by atoms with Crippen molar-refractivity contribution in [2.45, 2.75) is 66.0 Å². The summed E-state index contributed by atoms with van der Waals surface area (Å²) >= 11 is 3.68. The van der Waals surface area contributed by atoms with E-state index in [2.05, 4.69) is 59.4 Å². The van der Waals surface area contributed by atoms with Crippen molar-refractivity contribution < 1.29 is 9.47 Å². The number of rotatable bonds is 13. The molecule has 0 aromatic heterocycles. The van der Waals surface area contributed by atoms with Crippen LogP contribution in [-0.4, -0.2) is 13.2 Å². The average molecular weight is 448 g/mol. The van der Waals surface area contributed by atoms with E-state index in [1.807, 2.05) is 19.1 Å². The van der Waals surface area contributed by atoms with Gasteiger partial charge in [0.1, 0.15) is 6.61 Å². The van der Waals surface area contributed by atoms with E-state index < -0.39 is 0 Å². The topological polar surface area (TPSA) is 30.5 Å². The zero-order valence-electron chi connectivity index (χ0n) is 17.5. The Kier molecular flexibility index (Phi) is 10.4. The van der Waals surface area contributed by atoms with Gasteiger partial charge in [0.2, 0.25) is 0 Å². The van der Waals surface area contributed by atoms with Gasteiger partial charge in [-0.2, -0.15) is 0 Å². The summed E-state index contributed by atoms with van der Waals surface area (Å²) in [6.07, 6.45) is 6.51. The number of nitrogens with one attached hydrogen (secondary N) is 1. The molecule has 0 spiro atoms. The van der Waals surface area contributed by atoms with Crippen LogP contribution >= 0.6 is 15.9 Å². The predicted molar refractivity (Wildman–Crippen MR) is 121 cm³/mol. The van der Waals surface area contributed by atoms with Crippen molar-refractivity contribution in [3.8, 4) is 11.5 Å². The first-order valence-corrected chi connectivity index (χ1v) is 11.3. The fourth-order valence-corrected chi connectivity index (χ4v) is 3.74. The highest BCUT2D eigenvalue weighted by Crippen LogP contribution is 2.37. The molecule has 1 N–H and O–H groups in total. The van der Waals surface area contributed by atoms with Gasteiger partial charge in [-0.15, -0.1) is 0 Å². The molecule has 2 rings (SSSR count). The molecule has 0 saturated carbocycles. The number of benzene rings is 2. The fourth-order valence-electron chi connectivity index (χ4n) is 3.13. The molecule has 28 heavy (non-hydrogen) atoms. The van der Waals surface area contributed by atoms with Crippen LogP contribution in [0.1, 0.15) is 62.6 Å². The SMILES string of the molecule is CCCCCCCNCc1cc(Br)c(OCc2ccccc2C)c(OCC)c1. The lowest BCUT2D eigenvalue weighted by Crippen LogP contribution is -2.15. The van der Waals surface area contributed by atoms with E-state index in [0.717, 1.165) is 29.1 Å². The molecule has 4 heteroatoms. The van der Waals surface area contributed by atoms with Gasteiger partial charge in [0, 0.05) is 6.54 Å². The molecule has 0 unspecified atom stereocenters. The Morgan fingerprint density at radius 3 is 2.50 bits per heavy atom. The molecule has 154 valence electrons. The lowest BCUT2D eigenvalue weighted by atomic mass is 10.1. The van der Waals surface area contributed by atoms with E-state index in [1.54, 1.807) is 0 Å². The Morgan fingerprint density at radius 2 is 1.75 bits per heavy atom. The number of hydrogen-bond donors (Lipinski definition) is 1.